The van der Waals surface area contributed by atoms with E-state index in [1.165, 1.54) is 13.5 Å². The standard InChI is InChI=1S/C16H22N2O4/c1-4-12-7-5-6-8-17(12)13-9-11(2)15(18(20)21)14(10-13)16(19)22-3/h9-10,12H,4-8H2,1-3H3. The summed E-state index contributed by atoms with van der Waals surface area (Å²) in [6.07, 6.45) is 4.43. The zero-order valence-corrected chi connectivity index (χ0v) is 13.3. The fourth-order valence-electron chi connectivity index (χ4n) is 3.20. The monoisotopic (exact) mass is 306 g/mol. The summed E-state index contributed by atoms with van der Waals surface area (Å²) in [7, 11) is 1.24. The van der Waals surface area contributed by atoms with Crippen LogP contribution in [-0.4, -0.2) is 30.6 Å². The molecule has 1 fully saturated rings. The van der Waals surface area contributed by atoms with Gasteiger partial charge in [-0.15, -0.1) is 0 Å². The summed E-state index contributed by atoms with van der Waals surface area (Å²) in [6.45, 7) is 4.72. The average molecular weight is 306 g/mol. The van der Waals surface area contributed by atoms with E-state index in [2.05, 4.69) is 11.8 Å². The number of aryl methyl sites for hydroxylation is 1. The Morgan fingerprint density at radius 2 is 2.18 bits per heavy atom. The number of rotatable bonds is 4. The first-order valence-corrected chi connectivity index (χ1v) is 7.63. The molecule has 1 aliphatic heterocycles. The van der Waals surface area contributed by atoms with Gasteiger partial charge >= 0.3 is 5.97 Å². The van der Waals surface area contributed by atoms with E-state index in [9.17, 15) is 14.9 Å². The van der Waals surface area contributed by atoms with Crippen LogP contribution in [0.2, 0.25) is 0 Å². The zero-order valence-electron chi connectivity index (χ0n) is 13.3. The number of hydrogen-bond acceptors (Lipinski definition) is 5. The van der Waals surface area contributed by atoms with Crippen molar-refractivity contribution in [2.45, 2.75) is 45.6 Å². The minimum atomic E-state index is -0.665. The van der Waals surface area contributed by atoms with Crippen molar-refractivity contribution in [3.63, 3.8) is 0 Å². The van der Waals surface area contributed by atoms with E-state index in [0.717, 1.165) is 31.5 Å². The molecule has 6 heteroatoms. The van der Waals surface area contributed by atoms with Gasteiger partial charge in [0, 0.05) is 23.8 Å². The van der Waals surface area contributed by atoms with Crippen LogP contribution in [-0.2, 0) is 4.74 Å². The molecule has 0 spiro atoms. The van der Waals surface area contributed by atoms with Crippen LogP contribution >= 0.6 is 0 Å². The number of nitro benzene ring substituents is 1. The van der Waals surface area contributed by atoms with Crippen LogP contribution in [0.15, 0.2) is 12.1 Å². The lowest BCUT2D eigenvalue weighted by molar-refractivity contribution is -0.385. The van der Waals surface area contributed by atoms with Crippen LogP contribution < -0.4 is 4.90 Å². The first-order chi connectivity index (χ1) is 10.5. The summed E-state index contributed by atoms with van der Waals surface area (Å²) in [5.41, 5.74) is 1.22. The van der Waals surface area contributed by atoms with Crippen LogP contribution in [0, 0.1) is 17.0 Å². The first kappa shape index (κ1) is 16.3. The normalized spacial score (nSPS) is 18.1. The number of hydrogen-bond donors (Lipinski definition) is 0. The SMILES string of the molecule is CCC1CCCCN1c1cc(C)c([N+](=O)[O-])c(C(=O)OC)c1. The van der Waals surface area contributed by atoms with Crippen LogP contribution in [0.25, 0.3) is 0 Å². The van der Waals surface area contributed by atoms with Crippen LogP contribution in [0.1, 0.15) is 48.5 Å². The topological polar surface area (TPSA) is 72.7 Å². The lowest BCUT2D eigenvalue weighted by atomic mass is 9.97. The number of carbonyl (C=O) groups excluding carboxylic acids is 1. The molecule has 1 aromatic rings. The number of esters is 1. The molecule has 6 nitrogen and oxygen atoms in total. The van der Waals surface area contributed by atoms with Gasteiger partial charge in [-0.1, -0.05) is 6.92 Å². The van der Waals surface area contributed by atoms with Gasteiger partial charge in [0.2, 0.25) is 0 Å². The fraction of sp³-hybridized carbons (Fsp3) is 0.562. The second kappa shape index (κ2) is 6.77. The molecule has 0 radical (unpaired) electrons. The Morgan fingerprint density at radius 3 is 2.77 bits per heavy atom. The quantitative estimate of drug-likeness (QED) is 0.484. The van der Waals surface area contributed by atoms with Crippen molar-refractivity contribution in [3.8, 4) is 0 Å². The first-order valence-electron chi connectivity index (χ1n) is 7.63. The molecule has 0 aliphatic carbocycles. The maximum absolute atomic E-state index is 11.9. The van der Waals surface area contributed by atoms with Crippen molar-refractivity contribution in [2.24, 2.45) is 0 Å². The smallest absolute Gasteiger partial charge is 0.344 e. The van der Waals surface area contributed by atoms with Crippen LogP contribution in [0.4, 0.5) is 11.4 Å². The van der Waals surface area contributed by atoms with Gasteiger partial charge in [0.05, 0.1) is 12.0 Å². The van der Waals surface area contributed by atoms with Crippen molar-refractivity contribution >= 4 is 17.3 Å². The molecular formula is C16H22N2O4. The molecular weight excluding hydrogens is 284 g/mol. The Kier molecular flexibility index (Phi) is 5.00. The molecule has 1 saturated heterocycles. The van der Waals surface area contributed by atoms with Crippen molar-refractivity contribution in [2.75, 3.05) is 18.6 Å². The number of nitro groups is 1. The van der Waals surface area contributed by atoms with Gasteiger partial charge in [0.15, 0.2) is 0 Å². The largest absolute Gasteiger partial charge is 0.465 e. The highest BCUT2D eigenvalue weighted by molar-refractivity contribution is 5.96. The highest BCUT2D eigenvalue weighted by atomic mass is 16.6. The molecule has 22 heavy (non-hydrogen) atoms. The molecule has 0 aromatic heterocycles. The molecule has 1 heterocycles. The summed E-state index contributed by atoms with van der Waals surface area (Å²) >= 11 is 0. The number of nitrogens with zero attached hydrogens (tertiary/aromatic N) is 2. The van der Waals surface area contributed by atoms with E-state index < -0.39 is 10.9 Å². The van der Waals surface area contributed by atoms with Crippen molar-refractivity contribution < 1.29 is 14.5 Å². The van der Waals surface area contributed by atoms with E-state index in [4.69, 9.17) is 4.74 Å². The molecule has 0 N–H and O–H groups in total. The summed E-state index contributed by atoms with van der Waals surface area (Å²) in [6, 6.07) is 3.82. The second-order valence-electron chi connectivity index (χ2n) is 5.66. The minimum absolute atomic E-state index is 0.0305. The Bertz CT molecular complexity index is 586. The predicted molar refractivity (Wildman–Crippen MR) is 84.4 cm³/mol. The number of piperidine rings is 1. The Hall–Kier alpha value is -2.11. The van der Waals surface area contributed by atoms with Crippen LogP contribution in [0.5, 0.6) is 0 Å². The number of ether oxygens (including phenoxy) is 1. The molecule has 2 rings (SSSR count). The zero-order chi connectivity index (χ0) is 16.3. The molecule has 0 amide bonds. The maximum atomic E-state index is 11.9. The predicted octanol–water partition coefficient (Wildman–Crippen LogP) is 3.46. The van der Waals surface area contributed by atoms with E-state index in [1.807, 2.05) is 0 Å². The average Bonchev–Trinajstić information content (AvgIpc) is 2.52. The van der Waals surface area contributed by atoms with E-state index >= 15 is 0 Å². The molecule has 1 atom stereocenters. The van der Waals surface area contributed by atoms with Gasteiger partial charge in [0.1, 0.15) is 5.56 Å². The highest BCUT2D eigenvalue weighted by Crippen LogP contribution is 2.33. The third-order valence-electron chi connectivity index (χ3n) is 4.30. The Labute approximate surface area is 130 Å². The van der Waals surface area contributed by atoms with E-state index in [-0.39, 0.29) is 11.3 Å². The molecule has 120 valence electrons. The molecule has 1 unspecified atom stereocenters. The number of methoxy groups -OCH3 is 1. The second-order valence-corrected chi connectivity index (χ2v) is 5.66. The third-order valence-corrected chi connectivity index (χ3v) is 4.30. The molecule has 1 aromatic carbocycles. The van der Waals surface area contributed by atoms with Gasteiger partial charge in [0.25, 0.3) is 5.69 Å². The minimum Gasteiger partial charge on any atom is -0.465 e. The number of benzene rings is 1. The van der Waals surface area contributed by atoms with Gasteiger partial charge < -0.3 is 9.64 Å². The van der Waals surface area contributed by atoms with Crippen molar-refractivity contribution in [3.05, 3.63) is 33.4 Å². The van der Waals surface area contributed by atoms with Crippen molar-refractivity contribution in [1.82, 2.24) is 0 Å². The summed E-state index contributed by atoms with van der Waals surface area (Å²) in [4.78, 5) is 24.9. The van der Waals surface area contributed by atoms with E-state index in [0.29, 0.717) is 11.6 Å². The summed E-state index contributed by atoms with van der Waals surface area (Å²) in [5, 5.41) is 11.3. The fourth-order valence-corrected chi connectivity index (χ4v) is 3.20. The molecule has 0 bridgehead atoms. The lowest BCUT2D eigenvalue weighted by Crippen LogP contribution is -2.39. The van der Waals surface area contributed by atoms with Crippen molar-refractivity contribution in [1.29, 1.82) is 0 Å². The van der Waals surface area contributed by atoms with Gasteiger partial charge in [-0.2, -0.15) is 0 Å². The highest BCUT2D eigenvalue weighted by Gasteiger charge is 2.28. The van der Waals surface area contributed by atoms with Crippen LogP contribution in [0.3, 0.4) is 0 Å². The lowest BCUT2D eigenvalue weighted by Gasteiger charge is -2.37. The van der Waals surface area contributed by atoms with E-state index in [1.54, 1.807) is 19.1 Å². The Balaban J connectivity index is 2.51. The Morgan fingerprint density at radius 1 is 1.45 bits per heavy atom. The summed E-state index contributed by atoms with van der Waals surface area (Å²) < 4.78 is 4.72. The number of carbonyl (C=O) groups is 1. The molecule has 1 aliphatic rings. The third kappa shape index (κ3) is 3.05. The summed E-state index contributed by atoms with van der Waals surface area (Å²) in [5.74, 6) is -0.665. The van der Waals surface area contributed by atoms with Gasteiger partial charge in [-0.3, -0.25) is 10.1 Å². The maximum Gasteiger partial charge on any atom is 0.344 e. The molecule has 0 saturated carbocycles. The van der Waals surface area contributed by atoms with Gasteiger partial charge in [-0.05, 0) is 44.7 Å². The van der Waals surface area contributed by atoms with Gasteiger partial charge in [-0.25, -0.2) is 4.79 Å². The number of anilines is 1.